The number of rotatable bonds is 4. The molecule has 0 bridgehead atoms. The summed E-state index contributed by atoms with van der Waals surface area (Å²) in [6, 6.07) is 7.01. The summed E-state index contributed by atoms with van der Waals surface area (Å²) in [6.07, 6.45) is 4.28. The van der Waals surface area contributed by atoms with Gasteiger partial charge in [0.05, 0.1) is 18.7 Å². The van der Waals surface area contributed by atoms with Crippen molar-refractivity contribution in [3.8, 4) is 5.75 Å². The fourth-order valence-electron chi connectivity index (χ4n) is 2.55. The van der Waals surface area contributed by atoms with Crippen LogP contribution in [0.1, 0.15) is 19.8 Å². The Morgan fingerprint density at radius 2 is 2.05 bits per heavy atom. The Hall–Kier alpha value is -2.30. The van der Waals surface area contributed by atoms with Gasteiger partial charge in [-0.25, -0.2) is 0 Å². The summed E-state index contributed by atoms with van der Waals surface area (Å²) in [5.74, 6) is -1.67. The third-order valence-electron chi connectivity index (χ3n) is 4.00. The lowest BCUT2D eigenvalue weighted by Gasteiger charge is -2.38. The first kappa shape index (κ1) is 15.1. The van der Waals surface area contributed by atoms with E-state index in [4.69, 9.17) is 4.74 Å². The summed E-state index contributed by atoms with van der Waals surface area (Å²) in [4.78, 5) is 23.9. The second-order valence-corrected chi connectivity index (χ2v) is 5.36. The molecule has 1 aromatic carbocycles. The quantitative estimate of drug-likeness (QED) is 0.848. The third-order valence-corrected chi connectivity index (χ3v) is 4.00. The monoisotopic (exact) mass is 288 g/mol. The molecule has 0 spiro atoms. The molecule has 2 rings (SSSR count). The number of amides is 1. The van der Waals surface area contributed by atoms with Crippen LogP contribution in [0.25, 0.3) is 0 Å². The number of nitrogens with one attached hydrogen (secondary N) is 1. The number of allylic oxidation sites excluding steroid dienone is 2. The minimum Gasteiger partial charge on any atom is -0.550 e. The van der Waals surface area contributed by atoms with Crippen molar-refractivity contribution in [1.82, 2.24) is 0 Å². The Morgan fingerprint density at radius 1 is 1.33 bits per heavy atom. The average Bonchev–Trinajstić information content (AvgIpc) is 2.48. The van der Waals surface area contributed by atoms with Crippen molar-refractivity contribution in [2.45, 2.75) is 19.8 Å². The number of hydrogen-bond donors (Lipinski definition) is 1. The van der Waals surface area contributed by atoms with Crippen molar-refractivity contribution in [1.29, 1.82) is 0 Å². The normalized spacial score (nSPS) is 24.4. The summed E-state index contributed by atoms with van der Waals surface area (Å²) < 4.78 is 5.18. The number of ether oxygens (including phenoxy) is 1. The topological polar surface area (TPSA) is 78.5 Å². The smallest absolute Gasteiger partial charge is 0.228 e. The van der Waals surface area contributed by atoms with Crippen molar-refractivity contribution < 1.29 is 19.4 Å². The number of anilines is 1. The minimum absolute atomic E-state index is 0.291. The van der Waals surface area contributed by atoms with E-state index in [2.05, 4.69) is 5.32 Å². The first-order valence-electron chi connectivity index (χ1n) is 6.79. The Bertz CT molecular complexity index is 581. The number of benzene rings is 1. The van der Waals surface area contributed by atoms with Gasteiger partial charge in [-0.15, -0.1) is 0 Å². The molecule has 0 aliphatic heterocycles. The highest BCUT2D eigenvalue weighted by Gasteiger charge is 2.40. The van der Waals surface area contributed by atoms with Crippen LogP contribution in [-0.4, -0.2) is 19.0 Å². The molecule has 0 aromatic heterocycles. The fourth-order valence-corrected chi connectivity index (χ4v) is 2.55. The fraction of sp³-hybridized carbons (Fsp3) is 0.375. The van der Waals surface area contributed by atoms with Gasteiger partial charge in [0.15, 0.2) is 0 Å². The van der Waals surface area contributed by atoms with Crippen LogP contribution in [0.4, 0.5) is 5.69 Å². The number of para-hydroxylation sites is 2. The molecule has 5 heteroatoms. The highest BCUT2D eigenvalue weighted by Crippen LogP contribution is 2.38. The van der Waals surface area contributed by atoms with E-state index >= 15 is 0 Å². The maximum atomic E-state index is 12.5. The van der Waals surface area contributed by atoms with Crippen LogP contribution >= 0.6 is 0 Å². The Balaban J connectivity index is 2.23. The van der Waals surface area contributed by atoms with Gasteiger partial charge in [0.1, 0.15) is 5.75 Å². The summed E-state index contributed by atoms with van der Waals surface area (Å²) in [5, 5.41) is 14.2. The first-order valence-corrected chi connectivity index (χ1v) is 6.79. The van der Waals surface area contributed by atoms with E-state index in [1.807, 2.05) is 6.08 Å². The molecule has 0 fully saturated rings. The summed E-state index contributed by atoms with van der Waals surface area (Å²) in [7, 11) is 1.51. The Morgan fingerprint density at radius 3 is 2.71 bits per heavy atom. The predicted molar refractivity (Wildman–Crippen MR) is 76.6 cm³/mol. The van der Waals surface area contributed by atoms with Crippen molar-refractivity contribution in [2.75, 3.05) is 12.4 Å². The molecule has 0 radical (unpaired) electrons. The first-order chi connectivity index (χ1) is 9.99. The number of carbonyl (C=O) groups excluding carboxylic acids is 2. The van der Waals surface area contributed by atoms with E-state index in [1.54, 1.807) is 37.3 Å². The number of methoxy groups -OCH3 is 1. The van der Waals surface area contributed by atoms with E-state index in [1.165, 1.54) is 7.11 Å². The largest absolute Gasteiger partial charge is 0.550 e. The van der Waals surface area contributed by atoms with Gasteiger partial charge >= 0.3 is 0 Å². The van der Waals surface area contributed by atoms with E-state index in [-0.39, 0.29) is 5.91 Å². The molecule has 1 aromatic rings. The predicted octanol–water partition coefficient (Wildman–Crippen LogP) is 1.36. The summed E-state index contributed by atoms with van der Waals surface area (Å²) >= 11 is 0. The maximum Gasteiger partial charge on any atom is 0.228 e. The zero-order chi connectivity index (χ0) is 15.5. The lowest BCUT2D eigenvalue weighted by Crippen LogP contribution is -2.49. The lowest BCUT2D eigenvalue weighted by molar-refractivity contribution is -0.320. The summed E-state index contributed by atoms with van der Waals surface area (Å²) in [5.41, 5.74) is -0.666. The molecule has 0 heterocycles. The standard InChI is InChI=1S/C16H19NO4/c1-16(15(19)20)10-6-5-7-11(16)14(18)17-12-8-3-4-9-13(12)21-2/h3-6,8-9,11H,7,10H2,1-2H3,(H,17,18)(H,19,20)/p-1/t11-,16-/m0/s1. The zero-order valence-corrected chi connectivity index (χ0v) is 12.1. The molecule has 1 amide bonds. The van der Waals surface area contributed by atoms with Gasteiger partial charge in [0.25, 0.3) is 0 Å². The lowest BCUT2D eigenvalue weighted by atomic mass is 9.69. The van der Waals surface area contributed by atoms with E-state index < -0.39 is 17.3 Å². The second-order valence-electron chi connectivity index (χ2n) is 5.36. The van der Waals surface area contributed by atoms with Crippen LogP contribution in [-0.2, 0) is 9.59 Å². The van der Waals surface area contributed by atoms with Crippen LogP contribution in [0.3, 0.4) is 0 Å². The van der Waals surface area contributed by atoms with Crippen LogP contribution in [0.5, 0.6) is 5.75 Å². The van der Waals surface area contributed by atoms with Gasteiger partial charge in [0.2, 0.25) is 5.91 Å². The van der Waals surface area contributed by atoms with Gasteiger partial charge in [-0.05, 0) is 25.0 Å². The molecule has 2 atom stereocenters. The number of carboxylic acids is 1. The maximum absolute atomic E-state index is 12.5. The van der Waals surface area contributed by atoms with E-state index in [9.17, 15) is 14.7 Å². The molecular weight excluding hydrogens is 270 g/mol. The molecule has 0 saturated carbocycles. The Labute approximate surface area is 123 Å². The number of hydrogen-bond acceptors (Lipinski definition) is 4. The number of carbonyl (C=O) groups is 2. The van der Waals surface area contributed by atoms with Crippen molar-refractivity contribution in [3.63, 3.8) is 0 Å². The highest BCUT2D eigenvalue weighted by atomic mass is 16.5. The SMILES string of the molecule is COc1ccccc1NC(=O)[C@@H]1CC=CC[C@]1(C)C(=O)[O-]. The van der Waals surface area contributed by atoms with Crippen LogP contribution in [0, 0.1) is 11.3 Å². The molecule has 5 nitrogen and oxygen atoms in total. The zero-order valence-electron chi connectivity index (χ0n) is 12.1. The third kappa shape index (κ3) is 2.91. The van der Waals surface area contributed by atoms with Crippen LogP contribution < -0.4 is 15.2 Å². The van der Waals surface area contributed by atoms with Gasteiger partial charge in [-0.1, -0.05) is 31.2 Å². The molecular formula is C16H18NO4-. The van der Waals surface area contributed by atoms with E-state index in [0.717, 1.165) is 0 Å². The summed E-state index contributed by atoms with van der Waals surface area (Å²) in [6.45, 7) is 1.55. The molecule has 0 saturated heterocycles. The number of aliphatic carboxylic acids is 1. The highest BCUT2D eigenvalue weighted by molar-refractivity contribution is 5.97. The van der Waals surface area contributed by atoms with Gasteiger partial charge in [-0.3, -0.25) is 4.79 Å². The molecule has 1 aliphatic rings. The van der Waals surface area contributed by atoms with Gasteiger partial charge in [0, 0.05) is 11.4 Å². The number of carboxylic acid groups (broad SMARTS) is 1. The van der Waals surface area contributed by atoms with E-state index in [0.29, 0.717) is 24.3 Å². The molecule has 1 N–H and O–H groups in total. The van der Waals surface area contributed by atoms with Crippen LogP contribution in [0.2, 0.25) is 0 Å². The molecule has 21 heavy (non-hydrogen) atoms. The van der Waals surface area contributed by atoms with Gasteiger partial charge in [-0.2, -0.15) is 0 Å². The van der Waals surface area contributed by atoms with Crippen molar-refractivity contribution >= 4 is 17.6 Å². The molecule has 1 aliphatic carbocycles. The average molecular weight is 288 g/mol. The van der Waals surface area contributed by atoms with Crippen molar-refractivity contribution in [3.05, 3.63) is 36.4 Å². The van der Waals surface area contributed by atoms with Gasteiger partial charge < -0.3 is 20.0 Å². The van der Waals surface area contributed by atoms with Crippen molar-refractivity contribution in [2.24, 2.45) is 11.3 Å². The van der Waals surface area contributed by atoms with Crippen LogP contribution in [0.15, 0.2) is 36.4 Å². The molecule has 112 valence electrons. The minimum atomic E-state index is -1.20. The second kappa shape index (κ2) is 5.99. The Kier molecular flexibility index (Phi) is 4.31. The molecule has 0 unspecified atom stereocenters.